The molecule has 2 nitrogen and oxygen atoms in total. The lowest BCUT2D eigenvalue weighted by molar-refractivity contribution is 0.187. The van der Waals surface area contributed by atoms with E-state index in [0.717, 1.165) is 19.2 Å². The van der Waals surface area contributed by atoms with Crippen LogP contribution >= 0.6 is 11.3 Å². The van der Waals surface area contributed by atoms with E-state index in [2.05, 4.69) is 17.4 Å². The molecule has 0 atom stereocenters. The Hall–Kier alpha value is -0.380. The maximum Gasteiger partial charge on any atom is 0.0805 e. The van der Waals surface area contributed by atoms with Crippen LogP contribution in [-0.2, 0) is 17.9 Å². The highest BCUT2D eigenvalue weighted by Gasteiger charge is 2.13. The minimum absolute atomic E-state index is 0.744. The average Bonchev–Trinajstić information content (AvgIpc) is 2.85. The smallest absolute Gasteiger partial charge is 0.0805 e. The summed E-state index contributed by atoms with van der Waals surface area (Å²) in [5, 5.41) is 3.62. The van der Waals surface area contributed by atoms with Gasteiger partial charge in [0, 0.05) is 29.5 Å². The van der Waals surface area contributed by atoms with Crippen LogP contribution in [0.1, 0.15) is 35.4 Å². The third-order valence-corrected chi connectivity index (χ3v) is 3.98. The van der Waals surface area contributed by atoms with Crippen molar-refractivity contribution in [1.82, 2.24) is 5.32 Å². The molecule has 0 amide bonds. The van der Waals surface area contributed by atoms with Gasteiger partial charge in [0.1, 0.15) is 0 Å². The largest absolute Gasteiger partial charge is 0.379 e. The minimum Gasteiger partial charge on any atom is -0.379 e. The second kappa shape index (κ2) is 5.64. The number of rotatable bonds is 5. The SMILES string of the molecule is COCc1ccc(CNC2CCCC2)s1. The van der Waals surface area contributed by atoms with Gasteiger partial charge < -0.3 is 10.1 Å². The number of ether oxygens (including phenoxy) is 1. The van der Waals surface area contributed by atoms with Gasteiger partial charge in [-0.3, -0.25) is 0 Å². The Bertz CT molecular complexity index is 292. The van der Waals surface area contributed by atoms with Gasteiger partial charge in [-0.15, -0.1) is 11.3 Å². The lowest BCUT2D eigenvalue weighted by Crippen LogP contribution is -2.24. The lowest BCUT2D eigenvalue weighted by atomic mass is 10.2. The maximum absolute atomic E-state index is 5.11. The van der Waals surface area contributed by atoms with E-state index in [9.17, 15) is 0 Å². The van der Waals surface area contributed by atoms with Crippen LogP contribution < -0.4 is 5.32 Å². The standard InChI is InChI=1S/C12H19NOS/c1-14-9-12-7-6-11(15-12)8-13-10-4-2-3-5-10/h6-7,10,13H,2-5,8-9H2,1H3. The molecule has 0 bridgehead atoms. The van der Waals surface area contributed by atoms with Crippen molar-refractivity contribution in [3.8, 4) is 0 Å². The molecule has 1 saturated carbocycles. The predicted octanol–water partition coefficient (Wildman–Crippen LogP) is 2.93. The molecule has 84 valence electrons. The molecule has 0 unspecified atom stereocenters. The number of hydrogen-bond acceptors (Lipinski definition) is 3. The molecule has 1 aromatic rings. The first-order chi connectivity index (χ1) is 7.38. The van der Waals surface area contributed by atoms with Gasteiger partial charge in [-0.25, -0.2) is 0 Å². The summed E-state index contributed by atoms with van der Waals surface area (Å²) in [5.41, 5.74) is 0. The minimum atomic E-state index is 0.744. The van der Waals surface area contributed by atoms with Gasteiger partial charge in [0.25, 0.3) is 0 Å². The molecule has 1 aliphatic carbocycles. The molecule has 15 heavy (non-hydrogen) atoms. The van der Waals surface area contributed by atoms with Gasteiger partial charge >= 0.3 is 0 Å². The van der Waals surface area contributed by atoms with Gasteiger partial charge in [0.15, 0.2) is 0 Å². The Labute approximate surface area is 95.6 Å². The molecule has 0 aliphatic heterocycles. The summed E-state index contributed by atoms with van der Waals surface area (Å²) in [5.74, 6) is 0. The van der Waals surface area contributed by atoms with E-state index in [1.807, 2.05) is 11.3 Å². The first-order valence-electron chi connectivity index (χ1n) is 5.68. The average molecular weight is 225 g/mol. The highest BCUT2D eigenvalue weighted by molar-refractivity contribution is 7.11. The first-order valence-corrected chi connectivity index (χ1v) is 6.50. The van der Waals surface area contributed by atoms with E-state index < -0.39 is 0 Å². The van der Waals surface area contributed by atoms with Crippen LogP contribution in [0.2, 0.25) is 0 Å². The molecule has 0 spiro atoms. The van der Waals surface area contributed by atoms with Crippen molar-refractivity contribution in [3.05, 3.63) is 21.9 Å². The van der Waals surface area contributed by atoms with Crippen LogP contribution in [0.25, 0.3) is 0 Å². The van der Waals surface area contributed by atoms with E-state index in [-0.39, 0.29) is 0 Å². The van der Waals surface area contributed by atoms with Gasteiger partial charge in [0.05, 0.1) is 6.61 Å². The van der Waals surface area contributed by atoms with Gasteiger partial charge in [-0.05, 0) is 25.0 Å². The molecule has 1 aliphatic rings. The molecule has 3 heteroatoms. The summed E-state index contributed by atoms with van der Waals surface area (Å²) in [7, 11) is 1.75. The predicted molar refractivity (Wildman–Crippen MR) is 64.1 cm³/mol. The van der Waals surface area contributed by atoms with Crippen LogP contribution in [0.5, 0.6) is 0 Å². The second-order valence-electron chi connectivity index (χ2n) is 4.16. The van der Waals surface area contributed by atoms with Crippen LogP contribution in [0.4, 0.5) is 0 Å². The van der Waals surface area contributed by atoms with Crippen molar-refractivity contribution >= 4 is 11.3 Å². The Balaban J connectivity index is 1.77. The van der Waals surface area contributed by atoms with E-state index in [1.165, 1.54) is 35.4 Å². The fraction of sp³-hybridized carbons (Fsp3) is 0.667. The highest BCUT2D eigenvalue weighted by Crippen LogP contribution is 2.20. The third-order valence-electron chi connectivity index (χ3n) is 2.92. The van der Waals surface area contributed by atoms with Crippen LogP contribution in [0.15, 0.2) is 12.1 Å². The molecule has 1 N–H and O–H groups in total. The first kappa shape index (κ1) is 11.1. The molecule has 0 radical (unpaired) electrons. The molecule has 1 heterocycles. The van der Waals surface area contributed by atoms with Crippen LogP contribution in [0.3, 0.4) is 0 Å². The van der Waals surface area contributed by atoms with Crippen LogP contribution in [-0.4, -0.2) is 13.2 Å². The third kappa shape index (κ3) is 3.30. The van der Waals surface area contributed by atoms with Gasteiger partial charge in [-0.1, -0.05) is 12.8 Å². The molecular formula is C12H19NOS. The molecule has 2 rings (SSSR count). The van der Waals surface area contributed by atoms with Crippen molar-refractivity contribution in [2.24, 2.45) is 0 Å². The van der Waals surface area contributed by atoms with Crippen LogP contribution in [0, 0.1) is 0 Å². The van der Waals surface area contributed by atoms with Crippen molar-refractivity contribution in [2.45, 2.75) is 44.9 Å². The van der Waals surface area contributed by atoms with Crippen molar-refractivity contribution < 1.29 is 4.74 Å². The van der Waals surface area contributed by atoms with E-state index in [0.29, 0.717) is 0 Å². The Morgan fingerprint density at radius 1 is 1.33 bits per heavy atom. The molecule has 0 saturated heterocycles. The monoisotopic (exact) mass is 225 g/mol. The summed E-state index contributed by atoms with van der Waals surface area (Å²) < 4.78 is 5.11. The zero-order valence-corrected chi connectivity index (χ0v) is 10.1. The number of hydrogen-bond donors (Lipinski definition) is 1. The van der Waals surface area contributed by atoms with E-state index in [1.54, 1.807) is 7.11 Å². The second-order valence-corrected chi connectivity index (χ2v) is 5.42. The fourth-order valence-corrected chi connectivity index (χ4v) is 3.05. The molecule has 1 aromatic heterocycles. The summed E-state index contributed by atoms with van der Waals surface area (Å²) in [6.45, 7) is 1.77. The zero-order valence-electron chi connectivity index (χ0n) is 9.29. The molecule has 1 fully saturated rings. The summed E-state index contributed by atoms with van der Waals surface area (Å²) in [4.78, 5) is 2.75. The Morgan fingerprint density at radius 3 is 2.80 bits per heavy atom. The Kier molecular flexibility index (Phi) is 4.18. The zero-order chi connectivity index (χ0) is 10.5. The van der Waals surface area contributed by atoms with Crippen molar-refractivity contribution in [1.29, 1.82) is 0 Å². The number of methoxy groups -OCH3 is 1. The van der Waals surface area contributed by atoms with Crippen molar-refractivity contribution in [3.63, 3.8) is 0 Å². The van der Waals surface area contributed by atoms with Gasteiger partial charge in [0.2, 0.25) is 0 Å². The summed E-state index contributed by atoms with van der Waals surface area (Å²) >= 11 is 1.85. The normalized spacial score (nSPS) is 17.4. The topological polar surface area (TPSA) is 21.3 Å². The number of thiophene rings is 1. The molecule has 0 aromatic carbocycles. The molecular weight excluding hydrogens is 206 g/mol. The summed E-state index contributed by atoms with van der Waals surface area (Å²) in [6, 6.07) is 5.14. The van der Waals surface area contributed by atoms with Gasteiger partial charge in [-0.2, -0.15) is 0 Å². The summed E-state index contributed by atoms with van der Waals surface area (Å²) in [6.07, 6.45) is 5.51. The Morgan fingerprint density at radius 2 is 2.07 bits per heavy atom. The lowest BCUT2D eigenvalue weighted by Gasteiger charge is -2.09. The quantitative estimate of drug-likeness (QED) is 0.832. The fourth-order valence-electron chi connectivity index (χ4n) is 2.11. The van der Waals surface area contributed by atoms with E-state index >= 15 is 0 Å². The van der Waals surface area contributed by atoms with Crippen molar-refractivity contribution in [2.75, 3.05) is 7.11 Å². The number of nitrogens with one attached hydrogen (secondary N) is 1. The highest BCUT2D eigenvalue weighted by atomic mass is 32.1. The van der Waals surface area contributed by atoms with E-state index in [4.69, 9.17) is 4.74 Å². The maximum atomic E-state index is 5.11.